The van der Waals surface area contributed by atoms with Crippen LogP contribution in [0, 0.1) is 22.7 Å². The van der Waals surface area contributed by atoms with Gasteiger partial charge in [-0.15, -0.1) is 0 Å². The minimum absolute atomic E-state index is 0.533. The highest BCUT2D eigenvalue weighted by Crippen LogP contribution is 2.56. The molecule has 1 fully saturated rings. The summed E-state index contributed by atoms with van der Waals surface area (Å²) >= 11 is 0. The molecule has 2 nitrogen and oxygen atoms in total. The zero-order valence-corrected chi connectivity index (χ0v) is 11.5. The van der Waals surface area contributed by atoms with Gasteiger partial charge in [0.25, 0.3) is 0 Å². The third-order valence-corrected chi connectivity index (χ3v) is 5.22. The second-order valence-corrected chi connectivity index (χ2v) is 6.41. The van der Waals surface area contributed by atoms with Crippen LogP contribution in [-0.4, -0.2) is 5.11 Å². The summed E-state index contributed by atoms with van der Waals surface area (Å²) in [5, 5.41) is 21.1. The van der Waals surface area contributed by atoms with E-state index in [1.165, 1.54) is 12.0 Å². The Kier molecular flexibility index (Phi) is 2.91. The molecule has 0 amide bonds. The number of rotatable bonds is 1. The molecule has 3 unspecified atom stereocenters. The van der Waals surface area contributed by atoms with Crippen molar-refractivity contribution in [2.45, 2.75) is 51.0 Å². The molecule has 0 aliphatic heterocycles. The second-order valence-electron chi connectivity index (χ2n) is 6.41. The Balaban J connectivity index is 2.07. The third kappa shape index (κ3) is 1.72. The lowest BCUT2D eigenvalue weighted by Gasteiger charge is -2.45. The van der Waals surface area contributed by atoms with Crippen molar-refractivity contribution in [1.82, 2.24) is 0 Å². The molecule has 3 atom stereocenters. The van der Waals surface area contributed by atoms with Gasteiger partial charge >= 0.3 is 0 Å². The highest BCUT2D eigenvalue weighted by atomic mass is 16.3. The van der Waals surface area contributed by atoms with E-state index in [1.54, 1.807) is 0 Å². The fourth-order valence-electron chi connectivity index (χ4n) is 4.21. The quantitative estimate of drug-likeness (QED) is 0.834. The van der Waals surface area contributed by atoms with Crippen LogP contribution in [-0.2, 0) is 12.0 Å². The molecule has 2 aliphatic rings. The summed E-state index contributed by atoms with van der Waals surface area (Å²) < 4.78 is 0. The maximum absolute atomic E-state index is 11.3. The normalized spacial score (nSPS) is 37.6. The van der Waals surface area contributed by atoms with Crippen molar-refractivity contribution in [2.75, 3.05) is 0 Å². The first-order valence-corrected chi connectivity index (χ1v) is 7.33. The molecule has 0 spiro atoms. The minimum Gasteiger partial charge on any atom is -0.383 e. The lowest BCUT2D eigenvalue weighted by molar-refractivity contribution is -0.0853. The van der Waals surface area contributed by atoms with Gasteiger partial charge in [-0.1, -0.05) is 44.0 Å². The average molecular weight is 255 g/mol. The van der Waals surface area contributed by atoms with Crippen LogP contribution in [0.15, 0.2) is 24.3 Å². The molecular formula is C17H21NO. The molecule has 1 N–H and O–H groups in total. The summed E-state index contributed by atoms with van der Waals surface area (Å²) in [5.74, 6) is 0.533. The monoisotopic (exact) mass is 255 g/mol. The predicted molar refractivity (Wildman–Crippen MR) is 74.3 cm³/mol. The lowest BCUT2D eigenvalue weighted by atomic mass is 9.60. The number of aliphatic hydroxyl groups is 1. The zero-order valence-electron chi connectivity index (χ0n) is 11.5. The Hall–Kier alpha value is -1.33. The molecule has 0 aromatic heterocycles. The number of hydrogen-bond donors (Lipinski definition) is 1. The number of nitriles is 1. The molecule has 0 heterocycles. The Labute approximate surface area is 115 Å². The Morgan fingerprint density at radius 3 is 2.84 bits per heavy atom. The van der Waals surface area contributed by atoms with Crippen molar-refractivity contribution in [2.24, 2.45) is 11.3 Å². The molecule has 1 saturated carbocycles. The van der Waals surface area contributed by atoms with Gasteiger partial charge in [-0.05, 0) is 42.7 Å². The van der Waals surface area contributed by atoms with E-state index in [1.807, 2.05) is 18.2 Å². The average Bonchev–Trinajstić information content (AvgIpc) is 2.78. The van der Waals surface area contributed by atoms with Crippen molar-refractivity contribution >= 4 is 0 Å². The van der Waals surface area contributed by atoms with E-state index in [9.17, 15) is 10.4 Å². The van der Waals surface area contributed by atoms with Gasteiger partial charge in [0.15, 0.2) is 0 Å². The first-order valence-electron chi connectivity index (χ1n) is 7.33. The molecule has 0 radical (unpaired) electrons. The second kappa shape index (κ2) is 4.35. The van der Waals surface area contributed by atoms with Gasteiger partial charge in [-0.3, -0.25) is 0 Å². The van der Waals surface area contributed by atoms with Crippen LogP contribution in [0.25, 0.3) is 0 Å². The van der Waals surface area contributed by atoms with Gasteiger partial charge in [-0.2, -0.15) is 5.26 Å². The summed E-state index contributed by atoms with van der Waals surface area (Å²) in [5.41, 5.74) is 0.702. The molecule has 0 saturated heterocycles. The molecular weight excluding hydrogens is 234 g/mol. The van der Waals surface area contributed by atoms with Crippen LogP contribution in [0.4, 0.5) is 0 Å². The Bertz CT molecular complexity index is 532. The van der Waals surface area contributed by atoms with Crippen LogP contribution in [0.2, 0.25) is 0 Å². The van der Waals surface area contributed by atoms with Gasteiger partial charge in [0.1, 0.15) is 5.60 Å². The van der Waals surface area contributed by atoms with Gasteiger partial charge in [0.05, 0.1) is 11.5 Å². The van der Waals surface area contributed by atoms with Gasteiger partial charge < -0.3 is 5.11 Å². The van der Waals surface area contributed by atoms with Crippen molar-refractivity contribution in [1.29, 1.82) is 5.26 Å². The summed E-state index contributed by atoms with van der Waals surface area (Å²) in [4.78, 5) is 0. The van der Waals surface area contributed by atoms with Crippen molar-refractivity contribution in [3.05, 3.63) is 35.4 Å². The van der Waals surface area contributed by atoms with Crippen LogP contribution in [0.1, 0.15) is 50.2 Å². The van der Waals surface area contributed by atoms with Gasteiger partial charge in [0.2, 0.25) is 0 Å². The third-order valence-electron chi connectivity index (χ3n) is 5.22. The van der Waals surface area contributed by atoms with E-state index < -0.39 is 11.0 Å². The predicted octanol–water partition coefficient (Wildman–Crippen LogP) is 3.54. The standard InChI is InChI=1S/C17H21NO/c1-13-5-4-9-16(11-13,12-18)17(19)10-8-14-6-2-3-7-15(14)17/h2-3,6-7,13,19H,4-5,8-11H2,1H3. The molecule has 1 aromatic carbocycles. The SMILES string of the molecule is CC1CCCC(C#N)(C2(O)CCc3ccccc32)C1. The van der Waals surface area contributed by atoms with Crippen LogP contribution < -0.4 is 0 Å². The topological polar surface area (TPSA) is 44.0 Å². The fourth-order valence-corrected chi connectivity index (χ4v) is 4.21. The highest BCUT2D eigenvalue weighted by Gasteiger charge is 2.55. The largest absolute Gasteiger partial charge is 0.383 e. The molecule has 1 aromatic rings. The van der Waals surface area contributed by atoms with Crippen LogP contribution >= 0.6 is 0 Å². The molecule has 2 heteroatoms. The molecule has 3 rings (SSSR count). The van der Waals surface area contributed by atoms with Crippen molar-refractivity contribution < 1.29 is 5.11 Å². The lowest BCUT2D eigenvalue weighted by Crippen LogP contribution is -2.46. The number of benzene rings is 1. The fraction of sp³-hybridized carbons (Fsp3) is 0.588. The maximum atomic E-state index is 11.3. The van der Waals surface area contributed by atoms with Crippen LogP contribution in [0.3, 0.4) is 0 Å². The van der Waals surface area contributed by atoms with Crippen molar-refractivity contribution in [3.8, 4) is 6.07 Å². The zero-order chi connectivity index (χ0) is 13.5. The van der Waals surface area contributed by atoms with E-state index in [0.717, 1.165) is 31.2 Å². The number of hydrogen-bond acceptors (Lipinski definition) is 2. The summed E-state index contributed by atoms with van der Waals surface area (Å²) in [6.45, 7) is 2.20. The number of nitrogens with zero attached hydrogens (tertiary/aromatic N) is 1. The van der Waals surface area contributed by atoms with E-state index >= 15 is 0 Å². The summed E-state index contributed by atoms with van der Waals surface area (Å²) in [6, 6.07) is 10.6. The smallest absolute Gasteiger partial charge is 0.109 e. The first kappa shape index (κ1) is 12.7. The van der Waals surface area contributed by atoms with E-state index in [4.69, 9.17) is 0 Å². The van der Waals surface area contributed by atoms with Crippen molar-refractivity contribution in [3.63, 3.8) is 0 Å². The maximum Gasteiger partial charge on any atom is 0.109 e. The molecule has 2 aliphatic carbocycles. The first-order chi connectivity index (χ1) is 9.11. The van der Waals surface area contributed by atoms with Gasteiger partial charge in [-0.25, -0.2) is 0 Å². The van der Waals surface area contributed by atoms with Gasteiger partial charge in [0, 0.05) is 0 Å². The summed E-state index contributed by atoms with van der Waals surface area (Å²) in [6.07, 6.45) is 5.49. The van der Waals surface area contributed by atoms with E-state index in [0.29, 0.717) is 12.3 Å². The summed E-state index contributed by atoms with van der Waals surface area (Å²) in [7, 11) is 0. The number of fused-ring (bicyclic) bond motifs is 1. The molecule has 19 heavy (non-hydrogen) atoms. The van der Waals surface area contributed by atoms with E-state index in [-0.39, 0.29) is 0 Å². The number of aryl methyl sites for hydroxylation is 1. The van der Waals surface area contributed by atoms with Crippen LogP contribution in [0.5, 0.6) is 0 Å². The highest BCUT2D eigenvalue weighted by molar-refractivity contribution is 5.41. The minimum atomic E-state index is -0.937. The molecule has 100 valence electrons. The molecule has 0 bridgehead atoms. The van der Waals surface area contributed by atoms with E-state index in [2.05, 4.69) is 19.1 Å². The Morgan fingerprint density at radius 2 is 2.11 bits per heavy atom. The Morgan fingerprint density at radius 1 is 1.32 bits per heavy atom.